The van der Waals surface area contributed by atoms with E-state index >= 15 is 0 Å². The molecule has 0 amide bonds. The van der Waals surface area contributed by atoms with Crippen LogP contribution in [-0.2, 0) is 9.53 Å². The van der Waals surface area contributed by atoms with Gasteiger partial charge in [-0.05, 0) is 17.7 Å². The van der Waals surface area contributed by atoms with Crippen LogP contribution in [0.15, 0.2) is 53.5 Å². The Morgan fingerprint density at radius 2 is 1.59 bits per heavy atom. The van der Waals surface area contributed by atoms with Crippen LogP contribution in [0.2, 0.25) is 0 Å². The summed E-state index contributed by atoms with van der Waals surface area (Å²) in [6, 6.07) is 14.0. The standard InChI is InChI=1S/C17H15NO4/c1-20-12-9-6-10-13(21-2)14(12)16-18-15(17(19)22-16)11-7-4-3-5-8-11/h3-10,15H,1-2H3. The summed E-state index contributed by atoms with van der Waals surface area (Å²) in [4.78, 5) is 16.6. The Morgan fingerprint density at radius 1 is 0.955 bits per heavy atom. The maximum atomic E-state index is 12.1. The molecule has 5 heteroatoms. The Labute approximate surface area is 128 Å². The van der Waals surface area contributed by atoms with Crippen molar-refractivity contribution in [3.63, 3.8) is 0 Å². The molecule has 5 nitrogen and oxygen atoms in total. The van der Waals surface area contributed by atoms with E-state index < -0.39 is 12.0 Å². The van der Waals surface area contributed by atoms with Crippen molar-refractivity contribution >= 4 is 11.9 Å². The lowest BCUT2D eigenvalue weighted by Crippen LogP contribution is -2.10. The van der Waals surface area contributed by atoms with Crippen LogP contribution in [0.1, 0.15) is 17.2 Å². The highest BCUT2D eigenvalue weighted by Gasteiger charge is 2.33. The van der Waals surface area contributed by atoms with Crippen molar-refractivity contribution in [2.24, 2.45) is 4.99 Å². The molecule has 1 aliphatic heterocycles. The van der Waals surface area contributed by atoms with Crippen molar-refractivity contribution in [2.75, 3.05) is 14.2 Å². The lowest BCUT2D eigenvalue weighted by molar-refractivity contribution is -0.135. The summed E-state index contributed by atoms with van der Waals surface area (Å²) in [5.74, 6) is 0.890. The first-order valence-corrected chi connectivity index (χ1v) is 6.80. The van der Waals surface area contributed by atoms with Gasteiger partial charge in [0, 0.05) is 0 Å². The van der Waals surface area contributed by atoms with Gasteiger partial charge in [-0.1, -0.05) is 36.4 Å². The Morgan fingerprint density at radius 3 is 2.18 bits per heavy atom. The lowest BCUT2D eigenvalue weighted by Gasteiger charge is -2.11. The molecule has 22 heavy (non-hydrogen) atoms. The molecule has 2 aromatic carbocycles. The fraction of sp³-hybridized carbons (Fsp3) is 0.176. The van der Waals surface area contributed by atoms with E-state index in [9.17, 15) is 4.79 Å². The molecule has 0 saturated carbocycles. The fourth-order valence-electron chi connectivity index (χ4n) is 2.37. The molecule has 0 saturated heterocycles. The average Bonchev–Trinajstić information content (AvgIpc) is 2.96. The normalized spacial score (nSPS) is 16.9. The largest absolute Gasteiger partial charge is 0.496 e. The minimum atomic E-state index is -0.661. The van der Waals surface area contributed by atoms with E-state index in [4.69, 9.17) is 14.2 Å². The van der Waals surface area contributed by atoms with Crippen LogP contribution in [0, 0.1) is 0 Å². The number of hydrogen-bond acceptors (Lipinski definition) is 5. The number of methoxy groups -OCH3 is 2. The molecule has 0 bridgehead atoms. The van der Waals surface area contributed by atoms with Gasteiger partial charge in [0.05, 0.1) is 14.2 Å². The molecule has 0 aromatic heterocycles. The first kappa shape index (κ1) is 14.1. The van der Waals surface area contributed by atoms with Gasteiger partial charge in [-0.15, -0.1) is 0 Å². The van der Waals surface area contributed by atoms with Gasteiger partial charge in [0.2, 0.25) is 5.90 Å². The second-order valence-electron chi connectivity index (χ2n) is 4.71. The van der Waals surface area contributed by atoms with Crippen LogP contribution < -0.4 is 9.47 Å². The predicted octanol–water partition coefficient (Wildman–Crippen LogP) is 2.75. The first-order chi connectivity index (χ1) is 10.7. The molecule has 0 spiro atoms. The van der Waals surface area contributed by atoms with E-state index in [1.807, 2.05) is 30.3 Å². The van der Waals surface area contributed by atoms with Crippen LogP contribution in [0.5, 0.6) is 11.5 Å². The quantitative estimate of drug-likeness (QED) is 0.814. The monoisotopic (exact) mass is 297 g/mol. The number of rotatable bonds is 4. The summed E-state index contributed by atoms with van der Waals surface area (Å²) in [6.45, 7) is 0. The van der Waals surface area contributed by atoms with Crippen molar-refractivity contribution in [3.05, 3.63) is 59.7 Å². The van der Waals surface area contributed by atoms with Gasteiger partial charge in [-0.2, -0.15) is 0 Å². The smallest absolute Gasteiger partial charge is 0.342 e. The van der Waals surface area contributed by atoms with Crippen molar-refractivity contribution < 1.29 is 19.0 Å². The fourth-order valence-corrected chi connectivity index (χ4v) is 2.37. The highest BCUT2D eigenvalue weighted by Crippen LogP contribution is 2.34. The van der Waals surface area contributed by atoms with E-state index in [1.165, 1.54) is 0 Å². The molecular weight excluding hydrogens is 282 g/mol. The zero-order chi connectivity index (χ0) is 15.5. The maximum absolute atomic E-state index is 12.1. The molecular formula is C17H15NO4. The summed E-state index contributed by atoms with van der Waals surface area (Å²) < 4.78 is 16.0. The highest BCUT2D eigenvalue weighted by molar-refractivity contribution is 6.09. The predicted molar refractivity (Wildman–Crippen MR) is 81.4 cm³/mol. The molecule has 1 atom stereocenters. The van der Waals surface area contributed by atoms with Gasteiger partial charge in [-0.25, -0.2) is 9.79 Å². The summed E-state index contributed by atoms with van der Waals surface area (Å²) >= 11 is 0. The first-order valence-electron chi connectivity index (χ1n) is 6.80. The van der Waals surface area contributed by atoms with Gasteiger partial charge >= 0.3 is 5.97 Å². The minimum Gasteiger partial charge on any atom is -0.496 e. The average molecular weight is 297 g/mol. The number of aliphatic imine (C=N–C) groups is 1. The van der Waals surface area contributed by atoms with E-state index in [1.54, 1.807) is 32.4 Å². The van der Waals surface area contributed by atoms with Gasteiger partial charge < -0.3 is 14.2 Å². The Kier molecular flexibility index (Phi) is 3.78. The number of hydrogen-bond donors (Lipinski definition) is 0. The Bertz CT molecular complexity index is 702. The minimum absolute atomic E-state index is 0.216. The molecule has 0 N–H and O–H groups in total. The third kappa shape index (κ3) is 2.41. The molecule has 3 rings (SSSR count). The molecule has 1 heterocycles. The van der Waals surface area contributed by atoms with Crippen LogP contribution in [0.3, 0.4) is 0 Å². The topological polar surface area (TPSA) is 57.1 Å². The summed E-state index contributed by atoms with van der Waals surface area (Å²) in [7, 11) is 3.09. The number of carbonyl (C=O) groups is 1. The van der Waals surface area contributed by atoms with Gasteiger partial charge in [0.15, 0.2) is 6.04 Å². The number of carbonyl (C=O) groups excluding carboxylic acids is 1. The molecule has 1 aliphatic rings. The maximum Gasteiger partial charge on any atom is 0.342 e. The Hall–Kier alpha value is -2.82. The molecule has 0 fully saturated rings. The second kappa shape index (κ2) is 5.89. The van der Waals surface area contributed by atoms with Crippen LogP contribution >= 0.6 is 0 Å². The molecule has 112 valence electrons. The molecule has 2 aromatic rings. The van der Waals surface area contributed by atoms with E-state index in [-0.39, 0.29) is 5.90 Å². The zero-order valence-electron chi connectivity index (χ0n) is 12.3. The zero-order valence-corrected chi connectivity index (χ0v) is 12.3. The van der Waals surface area contributed by atoms with Gasteiger partial charge in [0.1, 0.15) is 17.1 Å². The third-order valence-electron chi connectivity index (χ3n) is 3.42. The van der Waals surface area contributed by atoms with E-state index in [0.29, 0.717) is 17.1 Å². The van der Waals surface area contributed by atoms with Crippen molar-refractivity contribution in [3.8, 4) is 11.5 Å². The molecule has 1 unspecified atom stereocenters. The second-order valence-corrected chi connectivity index (χ2v) is 4.71. The summed E-state index contributed by atoms with van der Waals surface area (Å²) in [5, 5.41) is 0. The van der Waals surface area contributed by atoms with E-state index in [0.717, 1.165) is 5.56 Å². The molecule has 0 aliphatic carbocycles. The number of ether oxygens (including phenoxy) is 3. The van der Waals surface area contributed by atoms with Gasteiger partial charge in [0.25, 0.3) is 0 Å². The van der Waals surface area contributed by atoms with Gasteiger partial charge in [-0.3, -0.25) is 0 Å². The van der Waals surface area contributed by atoms with Crippen molar-refractivity contribution in [1.29, 1.82) is 0 Å². The number of esters is 1. The van der Waals surface area contributed by atoms with Crippen molar-refractivity contribution in [2.45, 2.75) is 6.04 Å². The number of cyclic esters (lactones) is 1. The highest BCUT2D eigenvalue weighted by atomic mass is 16.6. The third-order valence-corrected chi connectivity index (χ3v) is 3.42. The summed E-state index contributed by atoms with van der Waals surface area (Å²) in [6.07, 6.45) is 0. The van der Waals surface area contributed by atoms with E-state index in [2.05, 4.69) is 4.99 Å². The number of benzene rings is 2. The Balaban J connectivity index is 2.05. The van der Waals surface area contributed by atoms with Crippen LogP contribution in [0.4, 0.5) is 0 Å². The SMILES string of the molecule is COc1cccc(OC)c1C1=NC(c2ccccc2)C(=O)O1. The van der Waals surface area contributed by atoms with Crippen molar-refractivity contribution in [1.82, 2.24) is 0 Å². The lowest BCUT2D eigenvalue weighted by atomic mass is 10.1. The van der Waals surface area contributed by atoms with Crippen LogP contribution in [0.25, 0.3) is 0 Å². The number of nitrogens with zero attached hydrogens (tertiary/aromatic N) is 1. The van der Waals surface area contributed by atoms with Crippen LogP contribution in [-0.4, -0.2) is 26.1 Å². The summed E-state index contributed by atoms with van der Waals surface area (Å²) in [5.41, 5.74) is 1.33. The molecule has 0 radical (unpaired) electrons.